The molecule has 0 fully saturated rings. The Hall–Kier alpha value is -2.72. The van der Waals surface area contributed by atoms with Crippen molar-refractivity contribution in [3.05, 3.63) is 93.0 Å². The number of benzene rings is 2. The van der Waals surface area contributed by atoms with Gasteiger partial charge in [-0.15, -0.1) is 0 Å². The topological polar surface area (TPSA) is 42.7 Å². The van der Waals surface area contributed by atoms with Gasteiger partial charge in [-0.05, 0) is 42.2 Å². The summed E-state index contributed by atoms with van der Waals surface area (Å²) in [4.78, 5) is 14.6. The zero-order valence-electron chi connectivity index (χ0n) is 14.9. The summed E-state index contributed by atoms with van der Waals surface area (Å²) in [5.41, 5.74) is 3.33. The molecule has 0 N–H and O–H groups in total. The summed E-state index contributed by atoms with van der Waals surface area (Å²) in [5, 5.41) is 0.668. The minimum Gasteiger partial charge on any atom is -0.482 e. The average Bonchev–Trinajstić information content (AvgIpc) is 2.69. The molecule has 0 bridgehead atoms. The zero-order valence-corrected chi connectivity index (χ0v) is 15.6. The van der Waals surface area contributed by atoms with Gasteiger partial charge in [0.25, 0.3) is 0 Å². The number of fused-ring (bicyclic) bond motifs is 1. The molecule has 4 rings (SSSR count). The fourth-order valence-electron chi connectivity index (χ4n) is 3.33. The molecule has 1 aliphatic rings. The molecule has 27 heavy (non-hydrogen) atoms. The predicted molar refractivity (Wildman–Crippen MR) is 107 cm³/mol. The second-order valence-corrected chi connectivity index (χ2v) is 7.08. The Morgan fingerprint density at radius 2 is 1.93 bits per heavy atom. The molecule has 0 spiro atoms. The molecule has 3 aromatic rings. The Balaban J connectivity index is 1.44. The minimum absolute atomic E-state index is 0.171. The number of rotatable bonds is 5. The first-order chi connectivity index (χ1) is 13.2. The molecule has 1 aliphatic heterocycles. The molecule has 0 unspecified atom stereocenters. The summed E-state index contributed by atoms with van der Waals surface area (Å²) in [6, 6.07) is 17.2. The Bertz CT molecular complexity index is 981. The standard InChI is InChI=1S/C22H20ClNO3/c23-18-9-7-16(8-10-18)14-27-22-15-26-19(12-21(22)25)13-24-11-3-5-17-4-1-2-6-20(17)24/h1-2,4,6-10,12,15H,3,5,11,13-14H2. The summed E-state index contributed by atoms with van der Waals surface area (Å²) < 4.78 is 11.3. The van der Waals surface area contributed by atoms with Gasteiger partial charge in [-0.3, -0.25) is 4.79 Å². The highest BCUT2D eigenvalue weighted by atomic mass is 35.5. The van der Waals surface area contributed by atoms with Crippen LogP contribution in [0.1, 0.15) is 23.3 Å². The first-order valence-corrected chi connectivity index (χ1v) is 9.39. The van der Waals surface area contributed by atoms with E-state index in [9.17, 15) is 4.79 Å². The lowest BCUT2D eigenvalue weighted by Crippen LogP contribution is -2.29. The van der Waals surface area contributed by atoms with E-state index in [1.807, 2.05) is 18.2 Å². The maximum absolute atomic E-state index is 12.4. The summed E-state index contributed by atoms with van der Waals surface area (Å²) in [7, 11) is 0. The molecule has 0 saturated heterocycles. The van der Waals surface area contributed by atoms with Crippen molar-refractivity contribution in [2.24, 2.45) is 0 Å². The summed E-state index contributed by atoms with van der Waals surface area (Å²) in [5.74, 6) is 0.850. The van der Waals surface area contributed by atoms with Crippen LogP contribution in [0.5, 0.6) is 5.75 Å². The van der Waals surface area contributed by atoms with Crippen molar-refractivity contribution in [2.45, 2.75) is 26.0 Å². The fourth-order valence-corrected chi connectivity index (χ4v) is 3.46. The van der Waals surface area contributed by atoms with E-state index in [1.165, 1.54) is 23.6 Å². The molecule has 0 saturated carbocycles. The lowest BCUT2D eigenvalue weighted by Gasteiger charge is -2.30. The van der Waals surface area contributed by atoms with Crippen molar-refractivity contribution in [1.29, 1.82) is 0 Å². The van der Waals surface area contributed by atoms with Gasteiger partial charge in [0.05, 0.1) is 6.54 Å². The van der Waals surface area contributed by atoms with Crippen LogP contribution in [0.4, 0.5) is 5.69 Å². The molecule has 4 nitrogen and oxygen atoms in total. The van der Waals surface area contributed by atoms with E-state index in [0.29, 0.717) is 23.9 Å². The van der Waals surface area contributed by atoms with E-state index < -0.39 is 0 Å². The van der Waals surface area contributed by atoms with Gasteiger partial charge in [0, 0.05) is 23.3 Å². The highest BCUT2D eigenvalue weighted by Crippen LogP contribution is 2.28. The van der Waals surface area contributed by atoms with Crippen LogP contribution in [-0.2, 0) is 19.6 Å². The van der Waals surface area contributed by atoms with Gasteiger partial charge in [0.15, 0.2) is 0 Å². The third kappa shape index (κ3) is 4.17. The number of hydrogen-bond donors (Lipinski definition) is 0. The maximum atomic E-state index is 12.4. The molecular formula is C22H20ClNO3. The van der Waals surface area contributed by atoms with E-state index >= 15 is 0 Å². The van der Waals surface area contributed by atoms with E-state index in [2.05, 4.69) is 23.1 Å². The van der Waals surface area contributed by atoms with Gasteiger partial charge in [0.2, 0.25) is 11.2 Å². The molecule has 0 amide bonds. The monoisotopic (exact) mass is 381 g/mol. The third-order valence-electron chi connectivity index (χ3n) is 4.71. The number of para-hydroxylation sites is 1. The lowest BCUT2D eigenvalue weighted by atomic mass is 10.0. The molecule has 2 heterocycles. The fraction of sp³-hybridized carbons (Fsp3) is 0.227. The first kappa shape index (κ1) is 17.7. The number of halogens is 1. The van der Waals surface area contributed by atoms with Gasteiger partial charge in [-0.25, -0.2) is 0 Å². The zero-order chi connectivity index (χ0) is 18.6. The van der Waals surface area contributed by atoms with Crippen molar-refractivity contribution < 1.29 is 9.15 Å². The van der Waals surface area contributed by atoms with Crippen LogP contribution in [0.3, 0.4) is 0 Å². The normalized spacial score (nSPS) is 13.3. The molecule has 1 aromatic heterocycles. The first-order valence-electron chi connectivity index (χ1n) is 9.01. The van der Waals surface area contributed by atoms with Crippen molar-refractivity contribution in [3.63, 3.8) is 0 Å². The molecular weight excluding hydrogens is 362 g/mol. The quantitative estimate of drug-likeness (QED) is 0.635. The van der Waals surface area contributed by atoms with Crippen LogP contribution < -0.4 is 15.1 Å². The third-order valence-corrected chi connectivity index (χ3v) is 4.96. The van der Waals surface area contributed by atoms with Crippen LogP contribution in [0.15, 0.2) is 70.1 Å². The molecule has 0 atom stereocenters. The number of nitrogens with zero attached hydrogens (tertiary/aromatic N) is 1. The Morgan fingerprint density at radius 3 is 2.74 bits per heavy atom. The number of ether oxygens (including phenoxy) is 1. The highest BCUT2D eigenvalue weighted by Gasteiger charge is 2.17. The maximum Gasteiger partial charge on any atom is 0.227 e. The van der Waals surface area contributed by atoms with Crippen molar-refractivity contribution in [1.82, 2.24) is 0 Å². The highest BCUT2D eigenvalue weighted by molar-refractivity contribution is 6.30. The predicted octanol–water partition coefficient (Wildman–Crippen LogP) is 4.83. The average molecular weight is 382 g/mol. The molecule has 0 radical (unpaired) electrons. The van der Waals surface area contributed by atoms with Gasteiger partial charge >= 0.3 is 0 Å². The summed E-state index contributed by atoms with van der Waals surface area (Å²) in [6.45, 7) is 1.82. The van der Waals surface area contributed by atoms with Crippen molar-refractivity contribution in [2.75, 3.05) is 11.4 Å². The number of aryl methyl sites for hydroxylation is 1. The van der Waals surface area contributed by atoms with Crippen LogP contribution in [0, 0.1) is 0 Å². The SMILES string of the molecule is O=c1cc(CN2CCCc3ccccc32)occ1OCc1ccc(Cl)cc1. The van der Waals surface area contributed by atoms with Crippen LogP contribution >= 0.6 is 11.6 Å². The van der Waals surface area contributed by atoms with E-state index in [0.717, 1.165) is 24.9 Å². The van der Waals surface area contributed by atoms with E-state index in [4.69, 9.17) is 20.8 Å². The second-order valence-electron chi connectivity index (χ2n) is 6.64. The van der Waals surface area contributed by atoms with Crippen molar-refractivity contribution >= 4 is 17.3 Å². The minimum atomic E-state index is -0.171. The molecule has 2 aromatic carbocycles. The lowest BCUT2D eigenvalue weighted by molar-refractivity contribution is 0.289. The van der Waals surface area contributed by atoms with E-state index in [1.54, 1.807) is 12.1 Å². The van der Waals surface area contributed by atoms with Crippen LogP contribution in [0.2, 0.25) is 5.02 Å². The second kappa shape index (κ2) is 7.89. The molecule has 138 valence electrons. The summed E-state index contributed by atoms with van der Waals surface area (Å²) in [6.07, 6.45) is 3.60. The summed E-state index contributed by atoms with van der Waals surface area (Å²) >= 11 is 5.87. The largest absolute Gasteiger partial charge is 0.482 e. The van der Waals surface area contributed by atoms with E-state index in [-0.39, 0.29) is 11.2 Å². The van der Waals surface area contributed by atoms with Gasteiger partial charge in [-0.1, -0.05) is 41.9 Å². The molecule has 0 aliphatic carbocycles. The smallest absolute Gasteiger partial charge is 0.227 e. The van der Waals surface area contributed by atoms with Gasteiger partial charge in [-0.2, -0.15) is 0 Å². The number of anilines is 1. The number of hydrogen-bond acceptors (Lipinski definition) is 4. The Morgan fingerprint density at radius 1 is 1.11 bits per heavy atom. The van der Waals surface area contributed by atoms with Crippen molar-refractivity contribution in [3.8, 4) is 5.75 Å². The van der Waals surface area contributed by atoms with Crippen LogP contribution in [-0.4, -0.2) is 6.54 Å². The molecule has 5 heteroatoms. The van der Waals surface area contributed by atoms with Gasteiger partial charge < -0.3 is 14.1 Å². The van der Waals surface area contributed by atoms with Gasteiger partial charge in [0.1, 0.15) is 18.6 Å². The Kier molecular flexibility index (Phi) is 5.16. The Labute approximate surface area is 163 Å². The van der Waals surface area contributed by atoms with Crippen LogP contribution in [0.25, 0.3) is 0 Å².